The second-order valence-electron chi connectivity index (χ2n) is 6.87. The van der Waals surface area contributed by atoms with E-state index in [2.05, 4.69) is 10.4 Å². The third-order valence-electron chi connectivity index (χ3n) is 5.16. The molecule has 2 amide bonds. The zero-order valence-electron chi connectivity index (χ0n) is 14.4. The summed E-state index contributed by atoms with van der Waals surface area (Å²) < 4.78 is 7.03. The van der Waals surface area contributed by atoms with E-state index in [0.717, 1.165) is 18.5 Å². The van der Waals surface area contributed by atoms with Crippen LogP contribution >= 0.6 is 0 Å². The van der Waals surface area contributed by atoms with Gasteiger partial charge in [-0.2, -0.15) is 5.10 Å². The van der Waals surface area contributed by atoms with Crippen molar-refractivity contribution < 1.29 is 14.0 Å². The predicted molar refractivity (Wildman–Crippen MR) is 89.8 cm³/mol. The summed E-state index contributed by atoms with van der Waals surface area (Å²) in [6, 6.07) is 3.56. The van der Waals surface area contributed by atoms with Gasteiger partial charge in [0.25, 0.3) is 5.91 Å². The fourth-order valence-electron chi connectivity index (χ4n) is 3.74. The number of nitrogens with one attached hydrogen (secondary N) is 1. The molecule has 1 aliphatic carbocycles. The Morgan fingerprint density at radius 2 is 2.12 bits per heavy atom. The van der Waals surface area contributed by atoms with E-state index < -0.39 is 0 Å². The Balaban J connectivity index is 1.65. The topological polar surface area (TPSA) is 80.4 Å². The number of piperidine rings is 1. The summed E-state index contributed by atoms with van der Waals surface area (Å²) in [5, 5.41) is 7.39. The first-order chi connectivity index (χ1) is 12.1. The van der Waals surface area contributed by atoms with Crippen LogP contribution in [0, 0.1) is 6.92 Å². The molecule has 0 bridgehead atoms. The van der Waals surface area contributed by atoms with Crippen LogP contribution in [0.5, 0.6) is 0 Å². The van der Waals surface area contributed by atoms with Crippen molar-refractivity contribution in [2.75, 3.05) is 0 Å². The van der Waals surface area contributed by atoms with Crippen LogP contribution in [0.25, 0.3) is 0 Å². The lowest BCUT2D eigenvalue weighted by molar-refractivity contribution is -0.138. The number of aromatic nitrogens is 2. The van der Waals surface area contributed by atoms with Gasteiger partial charge < -0.3 is 14.6 Å². The van der Waals surface area contributed by atoms with E-state index >= 15 is 0 Å². The molecule has 1 saturated carbocycles. The number of carbonyl (C=O) groups is 2. The lowest BCUT2D eigenvalue weighted by Gasteiger charge is -2.41. The van der Waals surface area contributed by atoms with Crippen LogP contribution in [-0.2, 0) is 11.8 Å². The van der Waals surface area contributed by atoms with Crippen LogP contribution in [0.3, 0.4) is 0 Å². The minimum atomic E-state index is -0.183. The number of hydrogen-bond donors (Lipinski definition) is 1. The number of carbonyl (C=O) groups excluding carboxylic acids is 2. The van der Waals surface area contributed by atoms with Crippen molar-refractivity contribution in [2.45, 2.75) is 50.7 Å². The molecule has 3 heterocycles. The minimum absolute atomic E-state index is 0.143. The lowest BCUT2D eigenvalue weighted by atomic mass is 9.92. The van der Waals surface area contributed by atoms with E-state index in [1.54, 1.807) is 23.9 Å². The summed E-state index contributed by atoms with van der Waals surface area (Å²) in [4.78, 5) is 27.2. The quantitative estimate of drug-likeness (QED) is 0.921. The highest BCUT2D eigenvalue weighted by atomic mass is 16.3. The molecular formula is C18H22N4O3. The van der Waals surface area contributed by atoms with Gasteiger partial charge in [-0.3, -0.25) is 14.3 Å². The molecule has 1 saturated heterocycles. The van der Waals surface area contributed by atoms with Crippen molar-refractivity contribution in [3.05, 3.63) is 41.6 Å². The molecule has 1 aliphatic heterocycles. The number of aryl methyl sites for hydroxylation is 2. The molecule has 0 unspecified atom stereocenters. The molecule has 2 aromatic heterocycles. The summed E-state index contributed by atoms with van der Waals surface area (Å²) in [5.74, 6) is 0.604. The fourth-order valence-corrected chi connectivity index (χ4v) is 3.74. The van der Waals surface area contributed by atoms with Crippen molar-refractivity contribution in [3.8, 4) is 0 Å². The Labute approximate surface area is 146 Å². The predicted octanol–water partition coefficient (Wildman–Crippen LogP) is 1.95. The number of furan rings is 1. The number of amides is 2. The highest BCUT2D eigenvalue weighted by molar-refractivity contribution is 5.95. The maximum absolute atomic E-state index is 12.7. The normalized spacial score (nSPS) is 23.8. The third-order valence-corrected chi connectivity index (χ3v) is 5.16. The molecule has 2 fully saturated rings. The Hall–Kier alpha value is -2.57. The lowest BCUT2D eigenvalue weighted by Crippen LogP contribution is -2.53. The Bertz CT molecular complexity index is 805. The molecular weight excluding hydrogens is 320 g/mol. The highest BCUT2D eigenvalue weighted by Gasteiger charge is 2.45. The van der Waals surface area contributed by atoms with Crippen molar-refractivity contribution in [3.63, 3.8) is 0 Å². The van der Waals surface area contributed by atoms with Crippen LogP contribution in [0.15, 0.2) is 29.0 Å². The summed E-state index contributed by atoms with van der Waals surface area (Å²) >= 11 is 0. The molecule has 4 rings (SSSR count). The van der Waals surface area contributed by atoms with E-state index in [-0.39, 0.29) is 29.9 Å². The van der Waals surface area contributed by atoms with Gasteiger partial charge in [0.05, 0.1) is 29.6 Å². The Kier molecular flexibility index (Phi) is 3.86. The Morgan fingerprint density at radius 1 is 1.32 bits per heavy atom. The summed E-state index contributed by atoms with van der Waals surface area (Å²) in [7, 11) is 1.87. The third kappa shape index (κ3) is 2.83. The smallest absolute Gasteiger partial charge is 0.255 e. The maximum Gasteiger partial charge on any atom is 0.255 e. The van der Waals surface area contributed by atoms with Gasteiger partial charge in [0, 0.05) is 25.7 Å². The van der Waals surface area contributed by atoms with E-state index in [1.807, 2.05) is 18.0 Å². The van der Waals surface area contributed by atoms with Gasteiger partial charge in [0.1, 0.15) is 5.76 Å². The van der Waals surface area contributed by atoms with Crippen molar-refractivity contribution >= 4 is 11.8 Å². The van der Waals surface area contributed by atoms with E-state index in [1.165, 1.54) is 6.26 Å². The van der Waals surface area contributed by atoms with Gasteiger partial charge in [0.2, 0.25) is 5.91 Å². The summed E-state index contributed by atoms with van der Waals surface area (Å²) in [5.41, 5.74) is 1.49. The molecule has 0 aromatic carbocycles. The first-order valence-corrected chi connectivity index (χ1v) is 8.70. The molecule has 7 nitrogen and oxygen atoms in total. The molecule has 0 spiro atoms. The molecule has 2 aliphatic rings. The average molecular weight is 342 g/mol. The summed E-state index contributed by atoms with van der Waals surface area (Å²) in [6.45, 7) is 1.77. The van der Waals surface area contributed by atoms with E-state index in [9.17, 15) is 9.59 Å². The van der Waals surface area contributed by atoms with Crippen molar-refractivity contribution in [2.24, 2.45) is 7.05 Å². The molecule has 2 aromatic rings. The molecule has 1 N–H and O–H groups in total. The van der Waals surface area contributed by atoms with Gasteiger partial charge in [-0.1, -0.05) is 0 Å². The standard InChI is InChI=1S/C18H22N4O3/c1-11-13(8-10-25-11)18(24)20-14-5-6-16(23)22(12-3-4-12)17(14)15-7-9-19-21(15)2/h7-10,12,14,17H,3-6H2,1-2H3,(H,20,24)/t14-,17-/m1/s1. The first-order valence-electron chi connectivity index (χ1n) is 8.70. The monoisotopic (exact) mass is 342 g/mol. The number of nitrogens with zero attached hydrogens (tertiary/aromatic N) is 3. The van der Waals surface area contributed by atoms with Gasteiger partial charge in [-0.05, 0) is 38.3 Å². The number of hydrogen-bond acceptors (Lipinski definition) is 4. The molecule has 2 atom stereocenters. The zero-order valence-corrected chi connectivity index (χ0v) is 14.4. The Morgan fingerprint density at radius 3 is 2.72 bits per heavy atom. The minimum Gasteiger partial charge on any atom is -0.469 e. The van der Waals surface area contributed by atoms with E-state index in [4.69, 9.17) is 4.42 Å². The van der Waals surface area contributed by atoms with Crippen molar-refractivity contribution in [1.29, 1.82) is 0 Å². The average Bonchev–Trinajstić information content (AvgIpc) is 3.19. The van der Waals surface area contributed by atoms with Crippen LogP contribution in [0.4, 0.5) is 0 Å². The van der Waals surface area contributed by atoms with Crippen LogP contribution in [0.1, 0.15) is 53.5 Å². The van der Waals surface area contributed by atoms with E-state index in [0.29, 0.717) is 24.2 Å². The maximum atomic E-state index is 12.7. The zero-order chi connectivity index (χ0) is 17.6. The molecule has 0 radical (unpaired) electrons. The van der Waals surface area contributed by atoms with Gasteiger partial charge in [-0.15, -0.1) is 0 Å². The second kappa shape index (κ2) is 6.06. The fraction of sp³-hybridized carbons (Fsp3) is 0.500. The first kappa shape index (κ1) is 15.9. The van der Waals surface area contributed by atoms with Crippen LogP contribution in [-0.4, -0.2) is 38.6 Å². The molecule has 25 heavy (non-hydrogen) atoms. The van der Waals surface area contributed by atoms with Crippen molar-refractivity contribution in [1.82, 2.24) is 20.0 Å². The molecule has 7 heteroatoms. The number of rotatable bonds is 4. The van der Waals surface area contributed by atoms with Gasteiger partial charge in [-0.25, -0.2) is 0 Å². The molecule has 132 valence electrons. The van der Waals surface area contributed by atoms with Crippen LogP contribution in [0.2, 0.25) is 0 Å². The second-order valence-corrected chi connectivity index (χ2v) is 6.87. The number of likely N-dealkylation sites (tertiary alicyclic amines) is 1. The largest absolute Gasteiger partial charge is 0.469 e. The van der Waals surface area contributed by atoms with Gasteiger partial charge in [0.15, 0.2) is 0 Å². The van der Waals surface area contributed by atoms with Gasteiger partial charge >= 0.3 is 0 Å². The SMILES string of the molecule is Cc1occc1C(=O)N[C@@H]1CCC(=O)N(C2CC2)[C@H]1c1ccnn1C. The summed E-state index contributed by atoms with van der Waals surface area (Å²) in [6.07, 6.45) is 6.40. The van der Waals surface area contributed by atoms with Crippen LogP contribution < -0.4 is 5.32 Å². The highest BCUT2D eigenvalue weighted by Crippen LogP contribution is 2.40.